The molecule has 1 saturated carbocycles. The number of rotatable bonds is 8. The number of alkyl halides is 2. The van der Waals surface area contributed by atoms with Crippen LogP contribution in [0.4, 0.5) is 13.2 Å². The predicted molar refractivity (Wildman–Crippen MR) is 123 cm³/mol. The van der Waals surface area contributed by atoms with Crippen molar-refractivity contribution in [3.63, 3.8) is 0 Å². The molecule has 0 unspecified atom stereocenters. The van der Waals surface area contributed by atoms with E-state index in [9.17, 15) is 13.2 Å². The van der Waals surface area contributed by atoms with E-state index < -0.39 is 18.3 Å². The van der Waals surface area contributed by atoms with Gasteiger partial charge in [-0.3, -0.25) is 0 Å². The first kappa shape index (κ1) is 23.4. The average molecular weight is 445 g/mol. The lowest BCUT2D eigenvalue weighted by molar-refractivity contribution is -0.251. The maximum absolute atomic E-state index is 14.5. The Hall–Kier alpha value is -1.81. The lowest BCUT2D eigenvalue weighted by atomic mass is 9.77. The molecule has 2 aromatic carbocycles. The van der Waals surface area contributed by atoms with E-state index in [0.29, 0.717) is 17.0 Å². The van der Waals surface area contributed by atoms with Crippen molar-refractivity contribution < 1.29 is 17.9 Å². The number of unbranched alkanes of at least 4 members (excludes halogenated alkanes) is 4. The van der Waals surface area contributed by atoms with Crippen LogP contribution in [0.25, 0.3) is 11.1 Å². The molecule has 4 heteroatoms. The molecule has 0 aromatic heterocycles. The summed E-state index contributed by atoms with van der Waals surface area (Å²) in [6.07, 6.45) is 9.35. The van der Waals surface area contributed by atoms with E-state index in [1.54, 1.807) is 6.07 Å². The molecule has 1 aliphatic heterocycles. The van der Waals surface area contributed by atoms with Gasteiger partial charge in [0.25, 0.3) is 0 Å². The zero-order valence-electron chi connectivity index (χ0n) is 19.1. The van der Waals surface area contributed by atoms with Crippen LogP contribution in [0.2, 0.25) is 0 Å². The van der Waals surface area contributed by atoms with Crippen molar-refractivity contribution in [3.8, 4) is 11.1 Å². The van der Waals surface area contributed by atoms with E-state index in [2.05, 4.69) is 23.8 Å². The molecule has 0 amide bonds. The van der Waals surface area contributed by atoms with Crippen LogP contribution >= 0.6 is 0 Å². The molecule has 1 fully saturated rings. The maximum Gasteiger partial charge on any atom is 0.360 e. The van der Waals surface area contributed by atoms with Crippen molar-refractivity contribution in [2.75, 3.05) is 0 Å². The largest absolute Gasteiger partial charge is 0.360 e. The molecule has 0 N–H and O–H groups in total. The first-order chi connectivity index (χ1) is 15.4. The Balaban J connectivity index is 1.34. The van der Waals surface area contributed by atoms with E-state index in [-0.39, 0.29) is 12.2 Å². The van der Waals surface area contributed by atoms with Crippen molar-refractivity contribution in [3.05, 3.63) is 58.9 Å². The standard InChI is InChI=1S/C28H35F3O/c1-2-3-4-5-6-7-20-8-10-21(11-9-20)22-12-14-23(15-13-22)24-16-25-19-32-28(30,31)18-26(25)27(29)17-24/h12-17,20-21H,2-11,18-19H2,1H3. The third-order valence-corrected chi connectivity index (χ3v) is 7.39. The van der Waals surface area contributed by atoms with Crippen LogP contribution in [0.5, 0.6) is 0 Å². The summed E-state index contributed by atoms with van der Waals surface area (Å²) in [7, 11) is 0. The van der Waals surface area contributed by atoms with Crippen LogP contribution in [0.3, 0.4) is 0 Å². The van der Waals surface area contributed by atoms with Gasteiger partial charge in [0.05, 0.1) is 13.0 Å². The summed E-state index contributed by atoms with van der Waals surface area (Å²) in [5.74, 6) is 0.925. The van der Waals surface area contributed by atoms with E-state index in [4.69, 9.17) is 0 Å². The Bertz CT molecular complexity index is 882. The zero-order chi connectivity index (χ0) is 22.6. The summed E-state index contributed by atoms with van der Waals surface area (Å²) in [5, 5.41) is 0. The summed E-state index contributed by atoms with van der Waals surface area (Å²) in [6, 6.07) is 11.6. The van der Waals surface area contributed by atoms with Gasteiger partial charge < -0.3 is 4.74 Å². The smallest absolute Gasteiger partial charge is 0.315 e. The second-order valence-corrected chi connectivity index (χ2v) is 9.74. The maximum atomic E-state index is 14.5. The molecule has 0 bridgehead atoms. The van der Waals surface area contributed by atoms with Gasteiger partial charge in [-0.25, -0.2) is 4.39 Å². The van der Waals surface area contributed by atoms with E-state index in [0.717, 1.165) is 11.5 Å². The highest BCUT2D eigenvalue weighted by Crippen LogP contribution is 2.39. The van der Waals surface area contributed by atoms with Gasteiger partial charge in [0, 0.05) is 5.56 Å². The Morgan fingerprint density at radius 3 is 2.34 bits per heavy atom. The van der Waals surface area contributed by atoms with Crippen molar-refractivity contribution in [1.82, 2.24) is 0 Å². The third-order valence-electron chi connectivity index (χ3n) is 7.39. The molecule has 0 spiro atoms. The number of hydrogen-bond acceptors (Lipinski definition) is 1. The Morgan fingerprint density at radius 1 is 0.906 bits per heavy atom. The van der Waals surface area contributed by atoms with Crippen LogP contribution in [0.1, 0.15) is 93.7 Å². The molecule has 174 valence electrons. The monoisotopic (exact) mass is 444 g/mol. The summed E-state index contributed by atoms with van der Waals surface area (Å²) < 4.78 is 46.0. The Morgan fingerprint density at radius 2 is 1.62 bits per heavy atom. The molecule has 2 aliphatic rings. The second-order valence-electron chi connectivity index (χ2n) is 9.74. The van der Waals surface area contributed by atoms with Gasteiger partial charge in [0.2, 0.25) is 0 Å². The quantitative estimate of drug-likeness (QED) is 0.370. The number of fused-ring (bicyclic) bond motifs is 1. The van der Waals surface area contributed by atoms with Gasteiger partial charge in [-0.2, -0.15) is 8.78 Å². The van der Waals surface area contributed by atoms with Crippen molar-refractivity contribution in [2.24, 2.45) is 5.92 Å². The SMILES string of the molecule is CCCCCCCC1CCC(c2ccc(-c3cc(F)c4c(c3)COC(F)(F)C4)cc2)CC1. The molecular weight excluding hydrogens is 409 g/mol. The fourth-order valence-electron chi connectivity index (χ4n) is 5.40. The third kappa shape index (κ3) is 5.75. The van der Waals surface area contributed by atoms with Crippen molar-refractivity contribution in [2.45, 2.75) is 96.2 Å². The molecule has 0 saturated heterocycles. The molecular formula is C28H35F3O. The number of halogens is 3. The minimum absolute atomic E-state index is 0.0729. The summed E-state index contributed by atoms with van der Waals surface area (Å²) in [5.41, 5.74) is 3.57. The second kappa shape index (κ2) is 10.4. The van der Waals surface area contributed by atoms with E-state index in [1.165, 1.54) is 75.8 Å². The molecule has 4 rings (SSSR count). The zero-order valence-corrected chi connectivity index (χ0v) is 19.1. The first-order valence-electron chi connectivity index (χ1n) is 12.4. The molecule has 1 nitrogen and oxygen atoms in total. The van der Waals surface area contributed by atoms with Crippen LogP contribution in [0.15, 0.2) is 36.4 Å². The highest BCUT2D eigenvalue weighted by Gasteiger charge is 2.37. The Kier molecular flexibility index (Phi) is 7.60. The van der Waals surface area contributed by atoms with Gasteiger partial charge in [0.1, 0.15) is 5.82 Å². The fourth-order valence-corrected chi connectivity index (χ4v) is 5.40. The van der Waals surface area contributed by atoms with Crippen LogP contribution < -0.4 is 0 Å². The minimum Gasteiger partial charge on any atom is -0.315 e. The summed E-state index contributed by atoms with van der Waals surface area (Å²) >= 11 is 0. The average Bonchev–Trinajstić information content (AvgIpc) is 2.79. The topological polar surface area (TPSA) is 9.23 Å². The summed E-state index contributed by atoms with van der Waals surface area (Å²) in [6.45, 7) is 2.00. The minimum atomic E-state index is -3.29. The lowest BCUT2D eigenvalue weighted by Crippen LogP contribution is -2.29. The Labute approximate surface area is 190 Å². The predicted octanol–water partition coefficient (Wildman–Crippen LogP) is 8.79. The number of ether oxygens (including phenoxy) is 1. The molecule has 32 heavy (non-hydrogen) atoms. The molecule has 1 heterocycles. The highest BCUT2D eigenvalue weighted by molar-refractivity contribution is 5.65. The number of benzene rings is 2. The molecule has 2 aromatic rings. The van der Waals surface area contributed by atoms with E-state index >= 15 is 0 Å². The van der Waals surface area contributed by atoms with Crippen molar-refractivity contribution in [1.29, 1.82) is 0 Å². The van der Waals surface area contributed by atoms with Crippen LogP contribution in [-0.4, -0.2) is 6.11 Å². The van der Waals surface area contributed by atoms with Crippen LogP contribution in [0, 0.1) is 11.7 Å². The lowest BCUT2D eigenvalue weighted by Gasteiger charge is -2.29. The normalized spacial score (nSPS) is 22.5. The molecule has 0 radical (unpaired) electrons. The van der Waals surface area contributed by atoms with Gasteiger partial charge in [-0.1, -0.05) is 69.7 Å². The van der Waals surface area contributed by atoms with Crippen molar-refractivity contribution >= 4 is 0 Å². The van der Waals surface area contributed by atoms with Gasteiger partial charge >= 0.3 is 6.11 Å². The fraction of sp³-hybridized carbons (Fsp3) is 0.571. The first-order valence-corrected chi connectivity index (χ1v) is 12.4. The van der Waals surface area contributed by atoms with Crippen LogP contribution in [-0.2, 0) is 17.8 Å². The molecule has 1 aliphatic carbocycles. The highest BCUT2D eigenvalue weighted by atomic mass is 19.3. The molecule has 0 atom stereocenters. The summed E-state index contributed by atoms with van der Waals surface area (Å²) in [4.78, 5) is 0. The van der Waals surface area contributed by atoms with Gasteiger partial charge in [-0.15, -0.1) is 0 Å². The van der Waals surface area contributed by atoms with Gasteiger partial charge in [0.15, 0.2) is 0 Å². The number of hydrogen-bond donors (Lipinski definition) is 0. The van der Waals surface area contributed by atoms with Gasteiger partial charge in [-0.05, 0) is 71.9 Å². The van der Waals surface area contributed by atoms with E-state index in [1.807, 2.05) is 12.1 Å².